The number of alkyl halides is 3. The number of phenolic OH excluding ortho intramolecular Hbond substituents is 1. The number of methoxy groups -OCH3 is 1. The molecule has 0 bridgehead atoms. The fraction of sp³-hybridized carbons (Fsp3) is 0.500. The Hall–Kier alpha value is -2.63. The number of amides is 4. The second-order valence-corrected chi connectivity index (χ2v) is 12.0. The summed E-state index contributed by atoms with van der Waals surface area (Å²) in [7, 11) is 1.44. The zero-order valence-electron chi connectivity index (χ0n) is 20.7. The van der Waals surface area contributed by atoms with Gasteiger partial charge in [-0.05, 0) is 43.4 Å². The number of benzene rings is 1. The highest BCUT2D eigenvalue weighted by molar-refractivity contribution is 9.09. The molecule has 4 amide bonds. The van der Waals surface area contributed by atoms with Gasteiger partial charge < -0.3 is 14.9 Å². The molecule has 2 N–H and O–H groups in total. The van der Waals surface area contributed by atoms with Gasteiger partial charge in [0.15, 0.2) is 9.75 Å². The van der Waals surface area contributed by atoms with E-state index in [0.717, 1.165) is 9.80 Å². The Balaban J connectivity index is 1.65. The average Bonchev–Trinajstić information content (AvgIpc) is 3.22. The summed E-state index contributed by atoms with van der Waals surface area (Å²) in [6.45, 7) is -0.0423. The Morgan fingerprint density at radius 2 is 1.85 bits per heavy atom. The maximum atomic E-state index is 13.7. The minimum atomic E-state index is -2.04. The van der Waals surface area contributed by atoms with Gasteiger partial charge in [-0.1, -0.05) is 27.6 Å². The maximum Gasteiger partial charge on any atom is 0.303 e. The smallest absolute Gasteiger partial charge is 0.303 e. The molecule has 4 aliphatic rings. The number of nitrogens with zero attached hydrogens (tertiary/aromatic N) is 2. The zero-order valence-corrected chi connectivity index (χ0v) is 23.8. The molecular formula is C26H25BrCl2N2O8. The molecule has 39 heavy (non-hydrogen) atoms. The zero-order chi connectivity index (χ0) is 28.4. The van der Waals surface area contributed by atoms with E-state index in [-0.39, 0.29) is 49.0 Å². The van der Waals surface area contributed by atoms with Crippen LogP contribution in [-0.2, 0) is 24.0 Å². The molecule has 1 saturated carbocycles. The number of fused-ring (bicyclic) bond motifs is 4. The number of ether oxygens (including phenoxy) is 1. The van der Waals surface area contributed by atoms with E-state index in [0.29, 0.717) is 11.3 Å². The van der Waals surface area contributed by atoms with Crippen LogP contribution >= 0.6 is 39.1 Å². The first kappa shape index (κ1) is 27.9. The first-order chi connectivity index (χ1) is 18.4. The highest BCUT2D eigenvalue weighted by Crippen LogP contribution is 2.66. The van der Waals surface area contributed by atoms with Crippen LogP contribution in [0.5, 0.6) is 11.5 Å². The monoisotopic (exact) mass is 642 g/mol. The number of allylic oxidation sites excluding steroid dienone is 2. The van der Waals surface area contributed by atoms with E-state index in [1.165, 1.54) is 25.3 Å². The number of likely N-dealkylation sites (tertiary alicyclic amines) is 2. The highest BCUT2D eigenvalue weighted by Gasteiger charge is 2.76. The van der Waals surface area contributed by atoms with Gasteiger partial charge in [-0.25, -0.2) is 0 Å². The van der Waals surface area contributed by atoms with Crippen LogP contribution in [0.3, 0.4) is 0 Å². The molecule has 1 aromatic rings. The Morgan fingerprint density at radius 3 is 2.49 bits per heavy atom. The summed E-state index contributed by atoms with van der Waals surface area (Å²) in [6, 6.07) is 4.43. The van der Waals surface area contributed by atoms with Gasteiger partial charge in [-0.2, -0.15) is 0 Å². The highest BCUT2D eigenvalue weighted by atomic mass is 79.9. The quantitative estimate of drug-likeness (QED) is 0.200. The summed E-state index contributed by atoms with van der Waals surface area (Å²) >= 11 is 17.4. The normalized spacial score (nSPS) is 33.6. The van der Waals surface area contributed by atoms with Gasteiger partial charge in [0, 0.05) is 24.4 Å². The van der Waals surface area contributed by atoms with E-state index in [1.807, 2.05) is 0 Å². The third-order valence-electron chi connectivity index (χ3n) is 8.42. The molecule has 2 heterocycles. The van der Waals surface area contributed by atoms with Crippen LogP contribution in [0, 0.1) is 17.8 Å². The summed E-state index contributed by atoms with van der Waals surface area (Å²) in [5.74, 6) is -6.68. The number of hydrogen-bond donors (Lipinski definition) is 2. The number of carboxylic acid groups (broad SMARTS) is 1. The Morgan fingerprint density at radius 1 is 1.13 bits per heavy atom. The van der Waals surface area contributed by atoms with E-state index in [2.05, 4.69) is 15.9 Å². The summed E-state index contributed by atoms with van der Waals surface area (Å²) in [5.41, 5.74) is 0.586. The van der Waals surface area contributed by atoms with Gasteiger partial charge in [0.1, 0.15) is 11.5 Å². The van der Waals surface area contributed by atoms with E-state index in [4.69, 9.17) is 33.0 Å². The number of hydrogen-bond acceptors (Lipinski definition) is 7. The average molecular weight is 644 g/mol. The molecule has 5 rings (SSSR count). The lowest BCUT2D eigenvalue weighted by atomic mass is 9.56. The van der Waals surface area contributed by atoms with Crippen molar-refractivity contribution in [3.05, 3.63) is 35.4 Å². The molecular weight excluding hydrogens is 619 g/mol. The van der Waals surface area contributed by atoms with Gasteiger partial charge in [-0.15, -0.1) is 23.2 Å². The van der Waals surface area contributed by atoms with E-state index in [9.17, 15) is 29.1 Å². The number of carboxylic acids is 1. The van der Waals surface area contributed by atoms with E-state index < -0.39 is 63.0 Å². The number of carbonyl (C=O) groups excluding carboxylic acids is 4. The van der Waals surface area contributed by atoms with Gasteiger partial charge in [0.25, 0.3) is 11.8 Å². The first-order valence-corrected chi connectivity index (χ1v) is 14.2. The number of aliphatic carboxylic acids is 1. The molecule has 208 valence electrons. The number of imide groups is 2. The molecule has 1 aromatic carbocycles. The van der Waals surface area contributed by atoms with Gasteiger partial charge in [0.2, 0.25) is 11.8 Å². The Kier molecular flexibility index (Phi) is 7.00. The fourth-order valence-electron chi connectivity index (χ4n) is 6.66. The summed E-state index contributed by atoms with van der Waals surface area (Å²) in [5, 5.41) is 19.9. The molecule has 0 aromatic heterocycles. The summed E-state index contributed by atoms with van der Waals surface area (Å²) in [6.07, 6.45) is 1.66. The van der Waals surface area contributed by atoms with E-state index in [1.54, 1.807) is 6.08 Å². The SMILES string of the molecule is COc1ccc(O)c(C2C3=CCC4C(=O)N(CCCC(=O)O)C(=O)C4C3CC3(Cl)C(=O)N(CBr)C(=O)C23Cl)c1. The van der Waals surface area contributed by atoms with E-state index >= 15 is 0 Å². The van der Waals surface area contributed by atoms with Gasteiger partial charge in [-0.3, -0.25) is 33.8 Å². The molecule has 6 atom stereocenters. The van der Waals surface area contributed by atoms with Crippen LogP contribution in [-0.4, -0.2) is 78.5 Å². The predicted molar refractivity (Wildman–Crippen MR) is 142 cm³/mol. The third-order valence-corrected chi connectivity index (χ3v) is 10.3. The van der Waals surface area contributed by atoms with Crippen molar-refractivity contribution in [3.63, 3.8) is 0 Å². The standard InChI is InChI=1S/C26H25BrCl2N2O8/c1-39-12-4-7-17(32)15(9-12)20-13-5-6-14-19(22(36)30(21(14)35)8-2-3-18(33)34)16(13)10-25(28)23(37)31(11-27)24(38)26(20,25)29/h4-5,7,9,14,16,19-20,32H,2-3,6,8,10-11H2,1H3,(H,33,34). The largest absolute Gasteiger partial charge is 0.508 e. The summed E-state index contributed by atoms with van der Waals surface area (Å²) in [4.78, 5) is 63.2. The molecule has 3 fully saturated rings. The minimum absolute atomic E-state index is 0.0423. The molecule has 0 radical (unpaired) electrons. The first-order valence-electron chi connectivity index (χ1n) is 12.4. The predicted octanol–water partition coefficient (Wildman–Crippen LogP) is 2.98. The van der Waals surface area contributed by atoms with Crippen LogP contribution in [0.15, 0.2) is 29.8 Å². The number of halogens is 3. The van der Waals surface area contributed by atoms with Crippen molar-refractivity contribution in [2.24, 2.45) is 17.8 Å². The third kappa shape index (κ3) is 3.83. The number of rotatable bonds is 7. The number of aromatic hydroxyl groups is 1. The minimum Gasteiger partial charge on any atom is -0.508 e. The molecule has 10 nitrogen and oxygen atoms in total. The van der Waals surface area contributed by atoms with Crippen LogP contribution in [0.1, 0.15) is 37.2 Å². The second-order valence-electron chi connectivity index (χ2n) is 10.2. The van der Waals surface area contributed by atoms with Crippen molar-refractivity contribution in [3.8, 4) is 11.5 Å². The molecule has 2 saturated heterocycles. The lowest BCUT2D eigenvalue weighted by Gasteiger charge is -2.50. The maximum absolute atomic E-state index is 13.7. The van der Waals surface area contributed by atoms with Gasteiger partial charge >= 0.3 is 5.97 Å². The lowest BCUT2D eigenvalue weighted by molar-refractivity contribution is -0.142. The van der Waals surface area contributed by atoms with Crippen LogP contribution < -0.4 is 4.74 Å². The van der Waals surface area contributed by atoms with Crippen molar-refractivity contribution in [1.29, 1.82) is 0 Å². The lowest BCUT2D eigenvalue weighted by Crippen LogP contribution is -2.60. The van der Waals surface area contributed by atoms with Crippen molar-refractivity contribution >= 4 is 68.7 Å². The number of phenols is 1. The molecule has 6 unspecified atom stereocenters. The summed E-state index contributed by atoms with van der Waals surface area (Å²) < 4.78 is 5.34. The number of carbonyl (C=O) groups is 5. The van der Waals surface area contributed by atoms with Gasteiger partial charge in [0.05, 0.1) is 24.4 Å². The van der Waals surface area contributed by atoms with Crippen molar-refractivity contribution in [1.82, 2.24) is 9.80 Å². The fourth-order valence-corrected chi connectivity index (χ4v) is 8.08. The second kappa shape index (κ2) is 9.78. The topological polar surface area (TPSA) is 142 Å². The van der Waals surface area contributed by atoms with Crippen LogP contribution in [0.2, 0.25) is 0 Å². The van der Waals surface area contributed by atoms with Crippen molar-refractivity contribution < 1.29 is 38.9 Å². The van der Waals surface area contributed by atoms with Crippen LogP contribution in [0.25, 0.3) is 0 Å². The van der Waals surface area contributed by atoms with Crippen LogP contribution in [0.4, 0.5) is 0 Å². The Labute approximate surface area is 242 Å². The Bertz CT molecular complexity index is 1340. The van der Waals surface area contributed by atoms with Crippen molar-refractivity contribution in [2.45, 2.75) is 41.3 Å². The molecule has 0 spiro atoms. The molecule has 2 aliphatic heterocycles. The molecule has 2 aliphatic carbocycles. The van der Waals surface area contributed by atoms with Crippen molar-refractivity contribution in [2.75, 3.05) is 19.1 Å². The molecule has 13 heteroatoms.